The molecule has 2 aromatic rings. The minimum Gasteiger partial charge on any atom is -0.454 e. The number of non-ortho nitro benzene ring substituents is 1. The Morgan fingerprint density at radius 3 is 2.82 bits per heavy atom. The van der Waals surface area contributed by atoms with Gasteiger partial charge >= 0.3 is 5.97 Å². The average Bonchev–Trinajstić information content (AvgIpc) is 3.37. The summed E-state index contributed by atoms with van der Waals surface area (Å²) in [6.07, 6.45) is 1.15. The van der Waals surface area contributed by atoms with Crippen LogP contribution in [0.4, 0.5) is 11.4 Å². The summed E-state index contributed by atoms with van der Waals surface area (Å²) in [5.41, 5.74) is 0.0640. The third-order valence-electron chi connectivity index (χ3n) is 4.20. The fourth-order valence-corrected chi connectivity index (χ4v) is 3.60. The number of carbonyl (C=O) groups excluding carboxylic acids is 3. The SMILES string of the molecule is O=C(COC(=O)[C@H]1CCCN1C(=O)c1cccs1)Nc1cccc([N+](=O)[O-])c1. The second-order valence-electron chi connectivity index (χ2n) is 6.10. The number of nitrogens with zero attached hydrogens (tertiary/aromatic N) is 2. The highest BCUT2D eigenvalue weighted by atomic mass is 32.1. The minimum atomic E-state index is -0.722. The summed E-state index contributed by atoms with van der Waals surface area (Å²) in [6, 6.07) is 8.17. The number of nitro groups is 1. The van der Waals surface area contributed by atoms with E-state index in [9.17, 15) is 24.5 Å². The van der Waals surface area contributed by atoms with Crippen LogP contribution in [0.2, 0.25) is 0 Å². The van der Waals surface area contributed by atoms with E-state index in [1.807, 2.05) is 0 Å². The molecule has 2 heterocycles. The van der Waals surface area contributed by atoms with Crippen molar-refractivity contribution in [1.82, 2.24) is 4.90 Å². The Balaban J connectivity index is 1.54. The van der Waals surface area contributed by atoms with Crippen LogP contribution >= 0.6 is 11.3 Å². The molecule has 3 rings (SSSR count). The van der Waals surface area contributed by atoms with E-state index in [-0.39, 0.29) is 17.3 Å². The maximum Gasteiger partial charge on any atom is 0.329 e. The number of nitrogens with one attached hydrogen (secondary N) is 1. The Kier molecular flexibility index (Phi) is 5.99. The molecule has 0 bridgehead atoms. The smallest absolute Gasteiger partial charge is 0.329 e. The number of thiophene rings is 1. The molecular formula is C18H17N3O6S. The lowest BCUT2D eigenvalue weighted by Gasteiger charge is -2.22. The van der Waals surface area contributed by atoms with Gasteiger partial charge in [-0.2, -0.15) is 0 Å². The lowest BCUT2D eigenvalue weighted by molar-refractivity contribution is -0.384. The quantitative estimate of drug-likeness (QED) is 0.449. The average molecular weight is 403 g/mol. The Hall–Kier alpha value is -3.27. The molecular weight excluding hydrogens is 386 g/mol. The van der Waals surface area contributed by atoms with Gasteiger partial charge in [-0.1, -0.05) is 12.1 Å². The fourth-order valence-electron chi connectivity index (χ4n) is 2.92. The number of benzene rings is 1. The molecule has 1 aliphatic rings. The second kappa shape index (κ2) is 8.61. The van der Waals surface area contributed by atoms with Gasteiger partial charge in [-0.3, -0.25) is 19.7 Å². The van der Waals surface area contributed by atoms with Crippen LogP contribution in [-0.2, 0) is 14.3 Å². The molecule has 10 heteroatoms. The first-order valence-corrected chi connectivity index (χ1v) is 9.39. The summed E-state index contributed by atoms with van der Waals surface area (Å²) in [4.78, 5) is 49.0. The number of ether oxygens (including phenoxy) is 1. The third-order valence-corrected chi connectivity index (χ3v) is 5.06. The van der Waals surface area contributed by atoms with Crippen molar-refractivity contribution >= 4 is 40.5 Å². The molecule has 28 heavy (non-hydrogen) atoms. The maximum absolute atomic E-state index is 12.5. The van der Waals surface area contributed by atoms with E-state index in [0.29, 0.717) is 24.3 Å². The molecule has 1 fully saturated rings. The van der Waals surface area contributed by atoms with Crippen molar-refractivity contribution in [2.45, 2.75) is 18.9 Å². The van der Waals surface area contributed by atoms with Gasteiger partial charge in [0.2, 0.25) is 0 Å². The molecule has 146 valence electrons. The molecule has 1 N–H and O–H groups in total. The van der Waals surface area contributed by atoms with Crippen LogP contribution in [0, 0.1) is 10.1 Å². The van der Waals surface area contributed by atoms with Crippen molar-refractivity contribution in [2.75, 3.05) is 18.5 Å². The molecule has 1 aromatic heterocycles. The lowest BCUT2D eigenvalue weighted by Crippen LogP contribution is -2.41. The van der Waals surface area contributed by atoms with E-state index in [4.69, 9.17) is 4.74 Å². The first-order valence-electron chi connectivity index (χ1n) is 8.51. The number of hydrogen-bond acceptors (Lipinski definition) is 7. The van der Waals surface area contributed by atoms with Crippen LogP contribution in [-0.4, -0.2) is 46.8 Å². The Morgan fingerprint density at radius 1 is 1.29 bits per heavy atom. The monoisotopic (exact) mass is 403 g/mol. The van der Waals surface area contributed by atoms with Crippen LogP contribution in [0.3, 0.4) is 0 Å². The summed E-state index contributed by atoms with van der Waals surface area (Å²) >= 11 is 1.30. The zero-order valence-electron chi connectivity index (χ0n) is 14.7. The number of anilines is 1. The minimum absolute atomic E-state index is 0.163. The summed E-state index contributed by atoms with van der Waals surface area (Å²) in [7, 11) is 0. The number of likely N-dealkylation sites (tertiary alicyclic amines) is 1. The standard InChI is InChI=1S/C18H17N3O6S/c22-16(19-12-4-1-5-13(10-12)21(25)26)11-27-18(24)14-6-2-8-20(14)17(23)15-7-3-9-28-15/h1,3-5,7,9-10,14H,2,6,8,11H2,(H,19,22)/t14-/m1/s1. The number of carbonyl (C=O) groups is 3. The maximum atomic E-state index is 12.5. The topological polar surface area (TPSA) is 119 Å². The van der Waals surface area contributed by atoms with Gasteiger partial charge in [0.25, 0.3) is 17.5 Å². The molecule has 1 aliphatic heterocycles. The summed E-state index contributed by atoms with van der Waals surface area (Å²) in [5.74, 6) is -1.49. The van der Waals surface area contributed by atoms with Crippen LogP contribution < -0.4 is 5.32 Å². The van der Waals surface area contributed by atoms with E-state index >= 15 is 0 Å². The van der Waals surface area contributed by atoms with Gasteiger partial charge < -0.3 is 15.0 Å². The number of amides is 2. The Labute approximate surface area is 164 Å². The van der Waals surface area contributed by atoms with Gasteiger partial charge in [-0.05, 0) is 30.4 Å². The van der Waals surface area contributed by atoms with E-state index in [0.717, 1.165) is 0 Å². The zero-order chi connectivity index (χ0) is 20.1. The predicted molar refractivity (Wildman–Crippen MR) is 101 cm³/mol. The van der Waals surface area contributed by atoms with Gasteiger partial charge in [-0.15, -0.1) is 11.3 Å². The summed E-state index contributed by atoms with van der Waals surface area (Å²) in [6.45, 7) is -0.0879. The molecule has 1 atom stereocenters. The third kappa shape index (κ3) is 4.52. The fraction of sp³-hybridized carbons (Fsp3) is 0.278. The van der Waals surface area contributed by atoms with Crippen molar-refractivity contribution in [2.24, 2.45) is 0 Å². The first kappa shape index (κ1) is 19.5. The van der Waals surface area contributed by atoms with Crippen molar-refractivity contribution in [3.8, 4) is 0 Å². The van der Waals surface area contributed by atoms with Gasteiger partial charge in [0.1, 0.15) is 6.04 Å². The van der Waals surface area contributed by atoms with Crippen molar-refractivity contribution in [3.63, 3.8) is 0 Å². The molecule has 0 aliphatic carbocycles. The van der Waals surface area contributed by atoms with Crippen molar-refractivity contribution < 1.29 is 24.0 Å². The largest absolute Gasteiger partial charge is 0.454 e. The predicted octanol–water partition coefficient (Wildman–Crippen LogP) is 2.44. The lowest BCUT2D eigenvalue weighted by atomic mass is 10.2. The van der Waals surface area contributed by atoms with Gasteiger partial charge in [0.05, 0.1) is 9.80 Å². The van der Waals surface area contributed by atoms with Crippen molar-refractivity contribution in [3.05, 3.63) is 56.8 Å². The van der Waals surface area contributed by atoms with E-state index < -0.39 is 29.4 Å². The molecule has 1 aromatic carbocycles. The molecule has 0 radical (unpaired) electrons. The molecule has 2 amide bonds. The van der Waals surface area contributed by atoms with Crippen LogP contribution in [0.5, 0.6) is 0 Å². The highest BCUT2D eigenvalue weighted by molar-refractivity contribution is 7.12. The Morgan fingerprint density at radius 2 is 2.11 bits per heavy atom. The molecule has 0 spiro atoms. The summed E-state index contributed by atoms with van der Waals surface area (Å²) in [5, 5.41) is 15.0. The number of hydrogen-bond donors (Lipinski definition) is 1. The number of esters is 1. The van der Waals surface area contributed by atoms with E-state index in [1.165, 1.54) is 40.5 Å². The first-order chi connectivity index (χ1) is 13.5. The van der Waals surface area contributed by atoms with Crippen LogP contribution in [0.1, 0.15) is 22.5 Å². The molecule has 9 nitrogen and oxygen atoms in total. The van der Waals surface area contributed by atoms with Gasteiger partial charge in [-0.25, -0.2) is 4.79 Å². The Bertz CT molecular complexity index is 898. The van der Waals surface area contributed by atoms with Crippen LogP contribution in [0.25, 0.3) is 0 Å². The molecule has 0 saturated carbocycles. The van der Waals surface area contributed by atoms with Gasteiger partial charge in [0.15, 0.2) is 6.61 Å². The highest BCUT2D eigenvalue weighted by Gasteiger charge is 2.36. The zero-order valence-corrected chi connectivity index (χ0v) is 15.5. The molecule has 1 saturated heterocycles. The highest BCUT2D eigenvalue weighted by Crippen LogP contribution is 2.23. The number of rotatable bonds is 6. The van der Waals surface area contributed by atoms with Crippen LogP contribution in [0.15, 0.2) is 41.8 Å². The normalized spacial score (nSPS) is 15.9. The van der Waals surface area contributed by atoms with E-state index in [1.54, 1.807) is 17.5 Å². The second-order valence-corrected chi connectivity index (χ2v) is 7.04. The van der Waals surface area contributed by atoms with Crippen molar-refractivity contribution in [1.29, 1.82) is 0 Å². The van der Waals surface area contributed by atoms with Gasteiger partial charge in [0, 0.05) is 24.4 Å². The summed E-state index contributed by atoms with van der Waals surface area (Å²) < 4.78 is 5.06. The molecule has 0 unspecified atom stereocenters. The number of nitro benzene ring substituents is 1. The van der Waals surface area contributed by atoms with E-state index in [2.05, 4.69) is 5.32 Å².